The normalized spacial score (nSPS) is 11.8. The number of hydrogen-bond donors (Lipinski definition) is 1. The monoisotopic (exact) mass is 187 g/mol. The van der Waals surface area contributed by atoms with Crippen LogP contribution in [0.4, 0.5) is 0 Å². The van der Waals surface area contributed by atoms with Crippen molar-refractivity contribution in [3.05, 3.63) is 36.8 Å². The van der Waals surface area contributed by atoms with E-state index in [-0.39, 0.29) is 18.4 Å². The molecule has 0 spiro atoms. The van der Waals surface area contributed by atoms with Gasteiger partial charge in [-0.2, -0.15) is 0 Å². The molecule has 0 aliphatic rings. The van der Waals surface area contributed by atoms with Crippen LogP contribution in [0.15, 0.2) is 35.5 Å². The lowest BCUT2D eigenvalue weighted by atomic mass is 10.1. The third-order valence-corrected chi connectivity index (χ3v) is 1.59. The molecule has 0 aromatic carbocycles. The molecule has 0 radical (unpaired) electrons. The molecule has 0 saturated heterocycles. The Morgan fingerprint density at radius 2 is 2.42 bits per heavy atom. The molecule has 2 N–H and O–H groups in total. The van der Waals surface area contributed by atoms with Crippen LogP contribution in [-0.2, 0) is 0 Å². The second kappa shape index (κ2) is 5.86. The van der Waals surface area contributed by atoms with E-state index in [9.17, 15) is 0 Å². The van der Waals surface area contributed by atoms with Gasteiger partial charge in [-0.15, -0.1) is 19.0 Å². The number of allylic oxidation sites excluding steroid dienone is 1. The zero-order valence-electron chi connectivity index (χ0n) is 6.90. The summed E-state index contributed by atoms with van der Waals surface area (Å²) in [7, 11) is 0. The Labute approximate surface area is 78.9 Å². The van der Waals surface area contributed by atoms with Crippen molar-refractivity contribution in [1.29, 1.82) is 0 Å². The average Bonchev–Trinajstić information content (AvgIpc) is 2.52. The summed E-state index contributed by atoms with van der Waals surface area (Å²) in [5, 5.41) is 0. The molecule has 0 aliphatic heterocycles. The first-order chi connectivity index (χ1) is 5.34. The average molecular weight is 188 g/mol. The summed E-state index contributed by atoms with van der Waals surface area (Å²) in [4.78, 5) is 0. The fourth-order valence-electron chi connectivity index (χ4n) is 0.942. The summed E-state index contributed by atoms with van der Waals surface area (Å²) in [6, 6.07) is 3.76. The van der Waals surface area contributed by atoms with Crippen molar-refractivity contribution in [2.45, 2.75) is 18.9 Å². The third kappa shape index (κ3) is 3.11. The van der Waals surface area contributed by atoms with Crippen LogP contribution in [-0.4, -0.2) is 0 Å². The van der Waals surface area contributed by atoms with E-state index in [4.69, 9.17) is 10.2 Å². The van der Waals surface area contributed by atoms with Gasteiger partial charge >= 0.3 is 0 Å². The van der Waals surface area contributed by atoms with Gasteiger partial charge in [0.05, 0.1) is 12.3 Å². The fraction of sp³-hybridized carbons (Fsp3) is 0.333. The molecule has 1 aromatic rings. The molecule has 0 amide bonds. The van der Waals surface area contributed by atoms with Gasteiger partial charge in [0.25, 0.3) is 0 Å². The minimum absolute atomic E-state index is 0. The molecule has 0 fully saturated rings. The largest absolute Gasteiger partial charge is 0.468 e. The Bertz CT molecular complexity index is 208. The Morgan fingerprint density at radius 3 is 2.92 bits per heavy atom. The SMILES string of the molecule is C=CCC[C@@H](N)c1ccco1.Cl. The lowest BCUT2D eigenvalue weighted by Gasteiger charge is -2.05. The minimum Gasteiger partial charge on any atom is -0.468 e. The van der Waals surface area contributed by atoms with Gasteiger partial charge in [0.2, 0.25) is 0 Å². The first-order valence-electron chi connectivity index (χ1n) is 3.74. The smallest absolute Gasteiger partial charge is 0.120 e. The van der Waals surface area contributed by atoms with Crippen LogP contribution in [0.5, 0.6) is 0 Å². The summed E-state index contributed by atoms with van der Waals surface area (Å²) in [6.07, 6.45) is 5.34. The second-order valence-electron chi connectivity index (χ2n) is 2.49. The number of furan rings is 1. The number of hydrogen-bond acceptors (Lipinski definition) is 2. The summed E-state index contributed by atoms with van der Waals surface area (Å²) >= 11 is 0. The van der Waals surface area contributed by atoms with Crippen molar-refractivity contribution < 1.29 is 4.42 Å². The maximum absolute atomic E-state index is 5.78. The summed E-state index contributed by atoms with van der Waals surface area (Å²) in [6.45, 7) is 3.63. The van der Waals surface area contributed by atoms with Gasteiger partial charge in [0.1, 0.15) is 5.76 Å². The summed E-state index contributed by atoms with van der Waals surface area (Å²) < 4.78 is 5.13. The number of halogens is 1. The van der Waals surface area contributed by atoms with Gasteiger partial charge in [-0.1, -0.05) is 6.08 Å². The highest BCUT2D eigenvalue weighted by Crippen LogP contribution is 2.15. The van der Waals surface area contributed by atoms with E-state index in [0.29, 0.717) is 0 Å². The van der Waals surface area contributed by atoms with Crippen molar-refractivity contribution in [1.82, 2.24) is 0 Å². The Kier molecular flexibility index (Phi) is 5.51. The zero-order valence-corrected chi connectivity index (χ0v) is 7.72. The molecule has 0 saturated carbocycles. The standard InChI is InChI=1S/C9H13NO.ClH/c1-2-3-5-8(10)9-6-4-7-11-9;/h2,4,6-8H,1,3,5,10H2;1H/t8-;/m1./s1. The zero-order chi connectivity index (χ0) is 8.10. The van der Waals surface area contributed by atoms with E-state index in [1.807, 2.05) is 18.2 Å². The lowest BCUT2D eigenvalue weighted by molar-refractivity contribution is 0.454. The molecule has 0 aliphatic carbocycles. The van der Waals surface area contributed by atoms with Crippen molar-refractivity contribution in [3.8, 4) is 0 Å². The lowest BCUT2D eigenvalue weighted by Crippen LogP contribution is -2.08. The Morgan fingerprint density at radius 1 is 1.67 bits per heavy atom. The molecule has 3 heteroatoms. The molecule has 0 unspecified atom stereocenters. The van der Waals surface area contributed by atoms with Gasteiger partial charge in [-0.3, -0.25) is 0 Å². The molecule has 0 bridgehead atoms. The highest BCUT2D eigenvalue weighted by atomic mass is 35.5. The minimum atomic E-state index is 0. The number of rotatable bonds is 4. The van der Waals surface area contributed by atoms with Crippen molar-refractivity contribution >= 4 is 12.4 Å². The van der Waals surface area contributed by atoms with Crippen LogP contribution >= 0.6 is 12.4 Å². The molecule has 68 valence electrons. The van der Waals surface area contributed by atoms with E-state index in [0.717, 1.165) is 18.6 Å². The third-order valence-electron chi connectivity index (χ3n) is 1.59. The van der Waals surface area contributed by atoms with Gasteiger partial charge in [0, 0.05) is 0 Å². The molecule has 12 heavy (non-hydrogen) atoms. The van der Waals surface area contributed by atoms with Crippen molar-refractivity contribution in [3.63, 3.8) is 0 Å². The first-order valence-corrected chi connectivity index (χ1v) is 3.74. The molecule has 2 nitrogen and oxygen atoms in total. The van der Waals surface area contributed by atoms with Crippen molar-refractivity contribution in [2.24, 2.45) is 5.73 Å². The van der Waals surface area contributed by atoms with Gasteiger partial charge in [-0.05, 0) is 25.0 Å². The molecule has 1 aromatic heterocycles. The predicted molar refractivity (Wildman–Crippen MR) is 52.3 cm³/mol. The Hall–Kier alpha value is -0.730. The topological polar surface area (TPSA) is 39.2 Å². The van der Waals surface area contributed by atoms with E-state index in [2.05, 4.69) is 6.58 Å². The second-order valence-corrected chi connectivity index (χ2v) is 2.49. The van der Waals surface area contributed by atoms with Crippen LogP contribution in [0.3, 0.4) is 0 Å². The van der Waals surface area contributed by atoms with Gasteiger partial charge in [0.15, 0.2) is 0 Å². The molecule has 1 rings (SSSR count). The Balaban J connectivity index is 0.00000121. The van der Waals surface area contributed by atoms with E-state index < -0.39 is 0 Å². The quantitative estimate of drug-likeness (QED) is 0.737. The van der Waals surface area contributed by atoms with Gasteiger partial charge in [-0.25, -0.2) is 0 Å². The molecule has 1 atom stereocenters. The van der Waals surface area contributed by atoms with Crippen molar-refractivity contribution in [2.75, 3.05) is 0 Å². The fourth-order valence-corrected chi connectivity index (χ4v) is 0.942. The first kappa shape index (κ1) is 11.3. The van der Waals surface area contributed by atoms with Crippen LogP contribution < -0.4 is 5.73 Å². The van der Waals surface area contributed by atoms with E-state index in [1.165, 1.54) is 0 Å². The molecular formula is C9H14ClNO. The predicted octanol–water partition coefficient (Wildman–Crippen LogP) is 2.67. The summed E-state index contributed by atoms with van der Waals surface area (Å²) in [5.74, 6) is 0.854. The highest BCUT2D eigenvalue weighted by molar-refractivity contribution is 5.85. The van der Waals surface area contributed by atoms with Crippen LogP contribution in [0.2, 0.25) is 0 Å². The van der Waals surface area contributed by atoms with Crippen LogP contribution in [0.25, 0.3) is 0 Å². The summed E-state index contributed by atoms with van der Waals surface area (Å²) in [5.41, 5.74) is 5.78. The number of nitrogens with two attached hydrogens (primary N) is 1. The van der Waals surface area contributed by atoms with Crippen LogP contribution in [0.1, 0.15) is 24.6 Å². The maximum Gasteiger partial charge on any atom is 0.120 e. The molecular weight excluding hydrogens is 174 g/mol. The highest BCUT2D eigenvalue weighted by Gasteiger charge is 2.05. The van der Waals surface area contributed by atoms with Crippen LogP contribution in [0, 0.1) is 0 Å². The van der Waals surface area contributed by atoms with E-state index >= 15 is 0 Å². The molecule has 1 heterocycles. The van der Waals surface area contributed by atoms with E-state index in [1.54, 1.807) is 6.26 Å². The van der Waals surface area contributed by atoms with Gasteiger partial charge < -0.3 is 10.2 Å². The maximum atomic E-state index is 5.78.